The summed E-state index contributed by atoms with van der Waals surface area (Å²) >= 11 is 0. The van der Waals surface area contributed by atoms with E-state index in [0.29, 0.717) is 31.0 Å². The summed E-state index contributed by atoms with van der Waals surface area (Å²) in [5.74, 6) is -0.476. The Morgan fingerprint density at radius 1 is 0.825 bits per heavy atom. The number of halogens is 6. The van der Waals surface area contributed by atoms with Crippen LogP contribution in [-0.2, 0) is 17.1 Å². The number of alkyl halides is 6. The highest BCUT2D eigenvalue weighted by atomic mass is 19.4. The third-order valence-corrected chi connectivity index (χ3v) is 8.23. The molecular formula is C29H31F6N3O2. The van der Waals surface area contributed by atoms with Crippen LogP contribution in [0.4, 0.5) is 26.3 Å². The predicted molar refractivity (Wildman–Crippen MR) is 135 cm³/mol. The van der Waals surface area contributed by atoms with Crippen molar-refractivity contribution in [1.82, 2.24) is 15.1 Å². The fourth-order valence-corrected chi connectivity index (χ4v) is 5.92. The van der Waals surface area contributed by atoms with Gasteiger partial charge in [0.25, 0.3) is 5.91 Å². The summed E-state index contributed by atoms with van der Waals surface area (Å²) in [7, 11) is 0. The van der Waals surface area contributed by atoms with E-state index in [1.807, 2.05) is 30.3 Å². The number of nitrogens with zero attached hydrogens (tertiary/aromatic N) is 2. The van der Waals surface area contributed by atoms with Gasteiger partial charge in [0, 0.05) is 49.6 Å². The maximum Gasteiger partial charge on any atom is 0.416 e. The van der Waals surface area contributed by atoms with Crippen LogP contribution in [0.25, 0.3) is 0 Å². The average Bonchev–Trinajstić information content (AvgIpc) is 3.68. The second-order valence-electron chi connectivity index (χ2n) is 11.1. The Balaban J connectivity index is 1.34. The molecule has 2 aliphatic heterocycles. The van der Waals surface area contributed by atoms with Gasteiger partial charge in [-0.2, -0.15) is 26.3 Å². The summed E-state index contributed by atoms with van der Waals surface area (Å²) in [6, 6.07) is 10.5. The number of benzene rings is 2. The number of likely N-dealkylation sites (tertiary alicyclic amines) is 2. The van der Waals surface area contributed by atoms with E-state index in [2.05, 4.69) is 10.2 Å². The van der Waals surface area contributed by atoms with Gasteiger partial charge in [0.05, 0.1) is 11.1 Å². The molecule has 5 nitrogen and oxygen atoms in total. The Bertz CT molecular complexity index is 1200. The first kappa shape index (κ1) is 28.4. The zero-order chi connectivity index (χ0) is 28.7. The summed E-state index contributed by atoms with van der Waals surface area (Å²) < 4.78 is 80.4. The topological polar surface area (TPSA) is 52.7 Å². The van der Waals surface area contributed by atoms with E-state index in [1.165, 1.54) is 4.90 Å². The van der Waals surface area contributed by atoms with Crippen molar-refractivity contribution < 1.29 is 35.9 Å². The molecule has 1 saturated carbocycles. The largest absolute Gasteiger partial charge is 0.416 e. The number of hydrogen-bond donors (Lipinski definition) is 1. The van der Waals surface area contributed by atoms with E-state index in [1.54, 1.807) is 0 Å². The van der Waals surface area contributed by atoms with E-state index >= 15 is 0 Å². The molecule has 2 aromatic carbocycles. The Kier molecular flexibility index (Phi) is 7.87. The SMILES string of the molecule is O=C(NCC1CCN(C2CCN(C(=O)c3cc(C(F)(F)F)cc(C(F)(F)F)c3)CC2c2ccccc2)C1)C1CC1. The highest BCUT2D eigenvalue weighted by molar-refractivity contribution is 5.95. The number of carbonyl (C=O) groups is 2. The molecule has 3 atom stereocenters. The van der Waals surface area contributed by atoms with Gasteiger partial charge in [0.15, 0.2) is 0 Å². The number of nitrogens with one attached hydrogen (secondary N) is 1. The standard InChI is InChI=1S/C29H31F6N3O2/c30-28(31,32)22-12-21(13-23(14-22)29(33,34)35)27(40)38-11-9-25(24(17-38)19-4-2-1-3-5-19)37-10-8-18(16-37)15-36-26(39)20-6-7-20/h1-5,12-14,18,20,24-25H,6-11,15-17H2,(H,36,39). The molecule has 3 unspecified atom stereocenters. The molecule has 0 bridgehead atoms. The Morgan fingerprint density at radius 2 is 1.48 bits per heavy atom. The molecule has 1 aliphatic carbocycles. The monoisotopic (exact) mass is 567 g/mol. The smallest absolute Gasteiger partial charge is 0.356 e. The third-order valence-electron chi connectivity index (χ3n) is 8.23. The van der Waals surface area contributed by atoms with Crippen LogP contribution in [0.3, 0.4) is 0 Å². The van der Waals surface area contributed by atoms with Crippen LogP contribution in [0, 0.1) is 11.8 Å². The number of hydrogen-bond acceptors (Lipinski definition) is 3. The lowest BCUT2D eigenvalue weighted by Crippen LogP contribution is -2.51. The number of piperidine rings is 1. The van der Waals surface area contributed by atoms with Crippen molar-refractivity contribution in [3.05, 3.63) is 70.8 Å². The first-order valence-electron chi connectivity index (χ1n) is 13.6. The van der Waals surface area contributed by atoms with Crippen molar-refractivity contribution in [3.8, 4) is 0 Å². The van der Waals surface area contributed by atoms with E-state index in [4.69, 9.17) is 0 Å². The van der Waals surface area contributed by atoms with Gasteiger partial charge in [-0.25, -0.2) is 0 Å². The quantitative estimate of drug-likeness (QED) is 0.465. The first-order chi connectivity index (χ1) is 18.9. The molecule has 2 aromatic rings. The van der Waals surface area contributed by atoms with Crippen LogP contribution in [0.2, 0.25) is 0 Å². The van der Waals surface area contributed by atoms with Crippen LogP contribution in [0.15, 0.2) is 48.5 Å². The van der Waals surface area contributed by atoms with Crippen molar-refractivity contribution >= 4 is 11.8 Å². The second kappa shape index (κ2) is 11.1. The normalized spacial score (nSPS) is 24.2. The molecule has 11 heteroatoms. The molecule has 3 aliphatic rings. The van der Waals surface area contributed by atoms with Crippen molar-refractivity contribution in [2.24, 2.45) is 11.8 Å². The molecule has 2 saturated heterocycles. The zero-order valence-corrected chi connectivity index (χ0v) is 21.8. The lowest BCUT2D eigenvalue weighted by atomic mass is 9.84. The van der Waals surface area contributed by atoms with Crippen molar-refractivity contribution in [3.63, 3.8) is 0 Å². The maximum absolute atomic E-state index is 13.4. The van der Waals surface area contributed by atoms with Gasteiger partial charge in [-0.1, -0.05) is 30.3 Å². The van der Waals surface area contributed by atoms with E-state index in [-0.39, 0.29) is 42.9 Å². The van der Waals surface area contributed by atoms with Gasteiger partial charge >= 0.3 is 12.4 Å². The first-order valence-corrected chi connectivity index (χ1v) is 13.6. The molecule has 0 aromatic heterocycles. The van der Waals surface area contributed by atoms with Gasteiger partial charge in [0.2, 0.25) is 5.91 Å². The van der Waals surface area contributed by atoms with Gasteiger partial charge in [-0.05, 0) is 61.9 Å². The Labute approximate surface area is 228 Å². The summed E-state index contributed by atoms with van der Waals surface area (Å²) in [4.78, 5) is 29.1. The average molecular weight is 568 g/mol. The highest BCUT2D eigenvalue weighted by Gasteiger charge is 2.41. The molecule has 216 valence electrons. The van der Waals surface area contributed by atoms with Crippen LogP contribution in [0.1, 0.15) is 58.6 Å². The second-order valence-corrected chi connectivity index (χ2v) is 11.1. The summed E-state index contributed by atoms with van der Waals surface area (Å²) in [6.07, 6.45) is -6.73. The van der Waals surface area contributed by atoms with E-state index < -0.39 is 35.0 Å². The number of carbonyl (C=O) groups excluding carboxylic acids is 2. The van der Waals surface area contributed by atoms with Crippen LogP contribution in [0.5, 0.6) is 0 Å². The zero-order valence-electron chi connectivity index (χ0n) is 21.8. The predicted octanol–water partition coefficient (Wildman–Crippen LogP) is 5.57. The molecule has 3 fully saturated rings. The molecule has 40 heavy (non-hydrogen) atoms. The molecular weight excluding hydrogens is 536 g/mol. The van der Waals surface area contributed by atoms with Crippen LogP contribution >= 0.6 is 0 Å². The summed E-state index contributed by atoms with van der Waals surface area (Å²) in [5, 5.41) is 3.04. The lowest BCUT2D eigenvalue weighted by Gasteiger charge is -2.43. The minimum atomic E-state index is -5.03. The molecule has 0 radical (unpaired) electrons. The summed E-state index contributed by atoms with van der Waals surface area (Å²) in [5.41, 5.74) is -2.68. The summed E-state index contributed by atoms with van der Waals surface area (Å²) in [6.45, 7) is 2.58. The minimum Gasteiger partial charge on any atom is -0.356 e. The van der Waals surface area contributed by atoms with Crippen molar-refractivity contribution in [2.45, 2.75) is 50.0 Å². The number of rotatable bonds is 6. The van der Waals surface area contributed by atoms with Gasteiger partial charge in [-0.15, -0.1) is 0 Å². The maximum atomic E-state index is 13.4. The number of amides is 2. The Hall–Kier alpha value is -3.08. The molecule has 0 spiro atoms. The fraction of sp³-hybridized carbons (Fsp3) is 0.517. The van der Waals surface area contributed by atoms with Gasteiger partial charge < -0.3 is 10.2 Å². The molecule has 2 amide bonds. The van der Waals surface area contributed by atoms with Crippen LogP contribution in [-0.4, -0.2) is 60.4 Å². The van der Waals surface area contributed by atoms with Gasteiger partial charge in [-0.3, -0.25) is 14.5 Å². The van der Waals surface area contributed by atoms with Crippen LogP contribution < -0.4 is 5.32 Å². The van der Waals surface area contributed by atoms with Gasteiger partial charge in [0.1, 0.15) is 0 Å². The van der Waals surface area contributed by atoms with Crippen molar-refractivity contribution in [1.29, 1.82) is 0 Å². The van der Waals surface area contributed by atoms with E-state index in [0.717, 1.165) is 37.9 Å². The molecule has 5 rings (SSSR count). The minimum absolute atomic E-state index is 0.0344. The molecule has 2 heterocycles. The van der Waals surface area contributed by atoms with E-state index in [9.17, 15) is 35.9 Å². The highest BCUT2D eigenvalue weighted by Crippen LogP contribution is 2.38. The van der Waals surface area contributed by atoms with Crippen molar-refractivity contribution in [2.75, 3.05) is 32.7 Å². The Morgan fingerprint density at radius 3 is 2.08 bits per heavy atom. The lowest BCUT2D eigenvalue weighted by molar-refractivity contribution is -0.143. The third kappa shape index (κ3) is 6.45. The fourth-order valence-electron chi connectivity index (χ4n) is 5.92. The molecule has 1 N–H and O–H groups in total.